The Morgan fingerprint density at radius 1 is 1.19 bits per heavy atom. The van der Waals surface area contributed by atoms with Crippen molar-refractivity contribution in [1.29, 1.82) is 0 Å². The molecule has 0 saturated carbocycles. The average molecular weight is 505 g/mol. The van der Waals surface area contributed by atoms with Crippen LogP contribution in [0.4, 0.5) is 19.1 Å². The number of nitrogens with zero attached hydrogens (tertiary/aromatic N) is 7. The number of likely N-dealkylation sites (tertiary alicyclic amines) is 1. The molecule has 0 radical (unpaired) electrons. The standard InChI is InChI=1S/C23H27F3N8O2/c1-35-12-11-32-8-6-19(23(25,26)14-32)27-22-28-21(36-2)20-16(5-9-34(20)30-22)15-3-4-17-18(13-15)33(10-7-24)31-29-17/h3-5,9,13,19H,6-8,10-12,14H2,1-2H3,(H,27,30)/t19-/m1/s1. The number of fused-ring (bicyclic) bond motifs is 2. The third kappa shape index (κ3) is 4.55. The highest BCUT2D eigenvalue weighted by Gasteiger charge is 2.45. The number of anilines is 1. The van der Waals surface area contributed by atoms with E-state index >= 15 is 0 Å². The van der Waals surface area contributed by atoms with Crippen molar-refractivity contribution in [2.75, 3.05) is 52.5 Å². The van der Waals surface area contributed by atoms with Gasteiger partial charge in [-0.15, -0.1) is 10.2 Å². The van der Waals surface area contributed by atoms with Gasteiger partial charge in [0.1, 0.15) is 17.7 Å². The zero-order chi connectivity index (χ0) is 25.3. The maximum absolute atomic E-state index is 14.9. The summed E-state index contributed by atoms with van der Waals surface area (Å²) in [7, 11) is 3.02. The average Bonchev–Trinajstić information content (AvgIpc) is 3.47. The second-order valence-electron chi connectivity index (χ2n) is 8.69. The molecule has 0 spiro atoms. The molecule has 36 heavy (non-hydrogen) atoms. The van der Waals surface area contributed by atoms with Gasteiger partial charge in [-0.1, -0.05) is 11.3 Å². The molecule has 1 aromatic carbocycles. The van der Waals surface area contributed by atoms with E-state index in [2.05, 4.69) is 25.7 Å². The van der Waals surface area contributed by atoms with Gasteiger partial charge in [-0.25, -0.2) is 22.4 Å². The molecule has 0 unspecified atom stereocenters. The summed E-state index contributed by atoms with van der Waals surface area (Å²) in [5.41, 5.74) is 3.50. The first-order valence-electron chi connectivity index (χ1n) is 11.6. The molecule has 4 heterocycles. The fourth-order valence-corrected chi connectivity index (χ4v) is 4.56. The van der Waals surface area contributed by atoms with E-state index in [-0.39, 0.29) is 31.3 Å². The molecule has 1 aliphatic heterocycles. The Morgan fingerprint density at radius 3 is 2.81 bits per heavy atom. The second kappa shape index (κ2) is 9.90. The number of hydrogen-bond acceptors (Lipinski definition) is 8. The maximum atomic E-state index is 14.9. The largest absolute Gasteiger partial charge is 0.479 e. The zero-order valence-corrected chi connectivity index (χ0v) is 20.0. The fraction of sp³-hybridized carbons (Fsp3) is 0.478. The highest BCUT2D eigenvalue weighted by Crippen LogP contribution is 2.34. The van der Waals surface area contributed by atoms with Gasteiger partial charge in [-0.05, 0) is 30.2 Å². The molecule has 1 aliphatic rings. The topological polar surface area (TPSA) is 94.6 Å². The van der Waals surface area contributed by atoms with Crippen molar-refractivity contribution in [3.63, 3.8) is 0 Å². The monoisotopic (exact) mass is 504 g/mol. The predicted octanol–water partition coefficient (Wildman–Crippen LogP) is 2.89. The van der Waals surface area contributed by atoms with Gasteiger partial charge in [0.25, 0.3) is 5.92 Å². The summed E-state index contributed by atoms with van der Waals surface area (Å²) < 4.78 is 56.2. The molecule has 1 saturated heterocycles. The molecule has 0 aliphatic carbocycles. The predicted molar refractivity (Wildman–Crippen MR) is 127 cm³/mol. The van der Waals surface area contributed by atoms with E-state index in [1.54, 1.807) is 28.8 Å². The first-order chi connectivity index (χ1) is 17.4. The van der Waals surface area contributed by atoms with Crippen molar-refractivity contribution in [3.05, 3.63) is 30.5 Å². The summed E-state index contributed by atoms with van der Waals surface area (Å²) in [5, 5.41) is 15.3. The van der Waals surface area contributed by atoms with Gasteiger partial charge in [-0.2, -0.15) is 4.98 Å². The lowest BCUT2D eigenvalue weighted by molar-refractivity contribution is -0.0770. The highest BCUT2D eigenvalue weighted by molar-refractivity contribution is 5.89. The summed E-state index contributed by atoms with van der Waals surface area (Å²) in [6, 6.07) is 6.27. The molecule has 0 amide bonds. The van der Waals surface area contributed by atoms with Crippen molar-refractivity contribution in [2.45, 2.75) is 24.9 Å². The van der Waals surface area contributed by atoms with Crippen LogP contribution >= 0.6 is 0 Å². The second-order valence-corrected chi connectivity index (χ2v) is 8.69. The van der Waals surface area contributed by atoms with Gasteiger partial charge in [0.05, 0.1) is 38.4 Å². The normalized spacial score (nSPS) is 18.2. The molecule has 0 bridgehead atoms. The fourth-order valence-electron chi connectivity index (χ4n) is 4.56. The van der Waals surface area contributed by atoms with Crippen molar-refractivity contribution in [3.8, 4) is 17.0 Å². The first-order valence-corrected chi connectivity index (χ1v) is 11.6. The molecule has 1 fully saturated rings. The van der Waals surface area contributed by atoms with Crippen LogP contribution in [0, 0.1) is 0 Å². The molecule has 10 nitrogen and oxygen atoms in total. The van der Waals surface area contributed by atoms with Crippen LogP contribution < -0.4 is 10.1 Å². The third-order valence-corrected chi connectivity index (χ3v) is 6.39. The number of aryl methyl sites for hydroxylation is 1. The van der Waals surface area contributed by atoms with E-state index in [1.165, 1.54) is 11.8 Å². The summed E-state index contributed by atoms with van der Waals surface area (Å²) >= 11 is 0. The number of nitrogens with one attached hydrogen (secondary N) is 1. The first kappa shape index (κ1) is 24.3. The molecule has 192 valence electrons. The summed E-state index contributed by atoms with van der Waals surface area (Å²) in [6.45, 7) is 0.562. The van der Waals surface area contributed by atoms with E-state index in [0.717, 1.165) is 11.1 Å². The minimum absolute atomic E-state index is 0.0530. The number of hydrogen-bond donors (Lipinski definition) is 1. The van der Waals surface area contributed by atoms with Crippen LogP contribution in [0.25, 0.3) is 27.7 Å². The maximum Gasteiger partial charge on any atom is 0.280 e. The molecule has 13 heteroatoms. The van der Waals surface area contributed by atoms with Crippen LogP contribution in [0.2, 0.25) is 0 Å². The van der Waals surface area contributed by atoms with Crippen LogP contribution in [0.1, 0.15) is 6.42 Å². The Bertz CT molecular complexity index is 1360. The van der Waals surface area contributed by atoms with E-state index < -0.39 is 18.6 Å². The Labute approximate surface area is 205 Å². The highest BCUT2D eigenvalue weighted by atomic mass is 19.3. The van der Waals surface area contributed by atoms with Crippen molar-refractivity contribution < 1.29 is 22.6 Å². The van der Waals surface area contributed by atoms with E-state index in [0.29, 0.717) is 36.2 Å². The van der Waals surface area contributed by atoms with Crippen LogP contribution in [-0.4, -0.2) is 93.6 Å². The summed E-state index contributed by atoms with van der Waals surface area (Å²) in [5.74, 6) is -2.67. The number of aromatic nitrogens is 6. The number of benzene rings is 1. The van der Waals surface area contributed by atoms with Gasteiger partial charge in [-0.3, -0.25) is 4.90 Å². The minimum Gasteiger partial charge on any atom is -0.479 e. The van der Waals surface area contributed by atoms with Crippen LogP contribution in [0.5, 0.6) is 5.88 Å². The van der Waals surface area contributed by atoms with E-state index in [9.17, 15) is 13.2 Å². The zero-order valence-electron chi connectivity index (χ0n) is 20.0. The smallest absolute Gasteiger partial charge is 0.280 e. The van der Waals surface area contributed by atoms with Crippen molar-refractivity contribution in [1.82, 2.24) is 34.5 Å². The van der Waals surface area contributed by atoms with Gasteiger partial charge < -0.3 is 14.8 Å². The van der Waals surface area contributed by atoms with E-state index in [4.69, 9.17) is 9.47 Å². The Balaban J connectivity index is 1.44. The summed E-state index contributed by atoms with van der Waals surface area (Å²) in [4.78, 5) is 6.08. The van der Waals surface area contributed by atoms with E-state index in [1.807, 2.05) is 18.2 Å². The quantitative estimate of drug-likeness (QED) is 0.372. The SMILES string of the molecule is COCCN1CC[C@@H](Nc2nc(OC)c3c(-c4ccc5nnn(CCF)c5c4)ccn3n2)C(F)(F)C1. The van der Waals surface area contributed by atoms with Crippen LogP contribution in [0.3, 0.4) is 0 Å². The number of methoxy groups -OCH3 is 2. The van der Waals surface area contributed by atoms with Gasteiger partial charge >= 0.3 is 0 Å². The molecule has 1 N–H and O–H groups in total. The molecule has 1 atom stereocenters. The number of piperidine rings is 1. The van der Waals surface area contributed by atoms with Crippen molar-refractivity contribution in [2.24, 2.45) is 0 Å². The lowest BCUT2D eigenvalue weighted by atomic mass is 10.0. The number of ether oxygens (including phenoxy) is 2. The van der Waals surface area contributed by atoms with Crippen LogP contribution in [-0.2, 0) is 11.3 Å². The minimum atomic E-state index is -2.97. The number of alkyl halides is 3. The Morgan fingerprint density at radius 2 is 2.06 bits per heavy atom. The van der Waals surface area contributed by atoms with Gasteiger partial charge in [0.2, 0.25) is 11.8 Å². The molecule has 5 rings (SSSR count). The molecule has 4 aromatic rings. The van der Waals surface area contributed by atoms with Crippen molar-refractivity contribution >= 4 is 22.5 Å². The van der Waals surface area contributed by atoms with Gasteiger partial charge in [0, 0.05) is 32.0 Å². The third-order valence-electron chi connectivity index (χ3n) is 6.39. The molecular formula is C23H27F3N8O2. The summed E-state index contributed by atoms with van der Waals surface area (Å²) in [6.07, 6.45) is 1.95. The Kier molecular flexibility index (Phi) is 6.67. The molecular weight excluding hydrogens is 477 g/mol. The Hall–Kier alpha value is -3.45. The number of rotatable bonds is 9. The number of halogens is 3. The van der Waals surface area contributed by atoms with Crippen LogP contribution in [0.15, 0.2) is 30.5 Å². The lowest BCUT2D eigenvalue weighted by Gasteiger charge is -2.38. The lowest BCUT2D eigenvalue weighted by Crippen LogP contribution is -2.55. The molecule has 3 aromatic heterocycles. The van der Waals surface area contributed by atoms with Gasteiger partial charge in [0.15, 0.2) is 0 Å².